The first-order valence-corrected chi connectivity index (χ1v) is 6.43. The van der Waals surface area contributed by atoms with Gasteiger partial charge in [0.2, 0.25) is 0 Å². The third-order valence-corrected chi connectivity index (χ3v) is 3.48. The molecule has 1 unspecified atom stereocenters. The Labute approximate surface area is 96.2 Å². The molecular formula is C13H30N2. The second-order valence-electron chi connectivity index (χ2n) is 5.16. The van der Waals surface area contributed by atoms with E-state index >= 15 is 0 Å². The molecule has 0 bridgehead atoms. The van der Waals surface area contributed by atoms with Crippen LogP contribution in [0.25, 0.3) is 0 Å². The Balaban J connectivity index is 4.44. The Morgan fingerprint density at radius 3 is 2.20 bits per heavy atom. The van der Waals surface area contributed by atoms with Gasteiger partial charge in [-0.25, -0.2) is 0 Å². The maximum absolute atomic E-state index is 5.99. The Morgan fingerprint density at radius 1 is 1.27 bits per heavy atom. The van der Waals surface area contributed by atoms with Gasteiger partial charge in [0.15, 0.2) is 0 Å². The molecule has 0 aliphatic carbocycles. The monoisotopic (exact) mass is 214 g/mol. The van der Waals surface area contributed by atoms with Crippen LogP contribution in [-0.4, -0.2) is 30.6 Å². The van der Waals surface area contributed by atoms with Crippen molar-refractivity contribution in [1.82, 2.24) is 4.90 Å². The summed E-state index contributed by atoms with van der Waals surface area (Å²) >= 11 is 0. The molecule has 0 fully saturated rings. The van der Waals surface area contributed by atoms with Crippen molar-refractivity contribution in [1.29, 1.82) is 0 Å². The quantitative estimate of drug-likeness (QED) is 0.673. The van der Waals surface area contributed by atoms with E-state index < -0.39 is 0 Å². The number of hydrogen-bond donors (Lipinski definition) is 1. The van der Waals surface area contributed by atoms with Crippen LogP contribution in [-0.2, 0) is 0 Å². The molecule has 92 valence electrons. The molecule has 0 spiro atoms. The Hall–Kier alpha value is -0.0800. The average Bonchev–Trinajstić information content (AvgIpc) is 2.19. The first-order chi connectivity index (χ1) is 7.02. The zero-order valence-electron chi connectivity index (χ0n) is 11.3. The lowest BCUT2D eigenvalue weighted by molar-refractivity contribution is 0.0947. The molecule has 0 saturated heterocycles. The van der Waals surface area contributed by atoms with Gasteiger partial charge in [-0.15, -0.1) is 0 Å². The molecule has 1 atom stereocenters. The highest BCUT2D eigenvalue weighted by Gasteiger charge is 2.30. The number of rotatable bonds is 8. The van der Waals surface area contributed by atoms with Gasteiger partial charge in [0, 0.05) is 18.6 Å². The molecule has 2 N–H and O–H groups in total. The van der Waals surface area contributed by atoms with Crippen LogP contribution in [0.1, 0.15) is 53.4 Å². The molecule has 0 aromatic rings. The van der Waals surface area contributed by atoms with Gasteiger partial charge in [-0.3, -0.25) is 4.90 Å². The molecule has 0 amide bonds. The molecular weight excluding hydrogens is 184 g/mol. The molecule has 0 aliphatic heterocycles. The van der Waals surface area contributed by atoms with Gasteiger partial charge in [-0.1, -0.05) is 40.5 Å². The third kappa shape index (κ3) is 4.52. The van der Waals surface area contributed by atoms with Crippen molar-refractivity contribution >= 4 is 0 Å². The van der Waals surface area contributed by atoms with E-state index in [1.54, 1.807) is 0 Å². The third-order valence-electron chi connectivity index (χ3n) is 3.48. The largest absolute Gasteiger partial charge is 0.329 e. The van der Waals surface area contributed by atoms with Gasteiger partial charge in [-0.05, 0) is 25.8 Å². The molecule has 0 aromatic carbocycles. The maximum Gasteiger partial charge on any atom is 0.0326 e. The standard InChI is InChI=1S/C13H30N2/c1-6-8-9-13(7-2,11-14)15(5)10-12(3)4/h12H,6-11,14H2,1-5H3. The Kier molecular flexibility index (Phi) is 7.20. The molecule has 0 saturated carbocycles. The first-order valence-electron chi connectivity index (χ1n) is 6.43. The van der Waals surface area contributed by atoms with Crippen molar-refractivity contribution in [3.05, 3.63) is 0 Å². The van der Waals surface area contributed by atoms with Gasteiger partial charge >= 0.3 is 0 Å². The van der Waals surface area contributed by atoms with Crippen molar-refractivity contribution in [3.63, 3.8) is 0 Å². The minimum absolute atomic E-state index is 0.236. The van der Waals surface area contributed by atoms with Crippen molar-refractivity contribution in [2.75, 3.05) is 20.1 Å². The highest BCUT2D eigenvalue weighted by molar-refractivity contribution is 4.89. The summed E-state index contributed by atoms with van der Waals surface area (Å²) in [5, 5.41) is 0. The van der Waals surface area contributed by atoms with E-state index in [1.165, 1.54) is 19.3 Å². The summed E-state index contributed by atoms with van der Waals surface area (Å²) in [6.45, 7) is 11.0. The second kappa shape index (κ2) is 7.24. The van der Waals surface area contributed by atoms with Crippen LogP contribution in [0.2, 0.25) is 0 Å². The van der Waals surface area contributed by atoms with E-state index in [1.807, 2.05) is 0 Å². The van der Waals surface area contributed by atoms with Gasteiger partial charge in [0.1, 0.15) is 0 Å². The predicted octanol–water partition coefficient (Wildman–Crippen LogP) is 2.87. The second-order valence-corrected chi connectivity index (χ2v) is 5.16. The topological polar surface area (TPSA) is 29.3 Å². The number of likely N-dealkylation sites (N-methyl/N-ethyl adjacent to an activating group) is 1. The predicted molar refractivity (Wildman–Crippen MR) is 69.1 cm³/mol. The highest BCUT2D eigenvalue weighted by atomic mass is 15.2. The van der Waals surface area contributed by atoms with Crippen LogP contribution in [0.15, 0.2) is 0 Å². The van der Waals surface area contributed by atoms with Crippen LogP contribution in [0.4, 0.5) is 0 Å². The molecule has 0 radical (unpaired) electrons. The van der Waals surface area contributed by atoms with Crippen LogP contribution in [0.5, 0.6) is 0 Å². The van der Waals surface area contributed by atoms with Gasteiger partial charge in [0.25, 0.3) is 0 Å². The van der Waals surface area contributed by atoms with Crippen LogP contribution >= 0.6 is 0 Å². The van der Waals surface area contributed by atoms with E-state index in [0.717, 1.165) is 19.5 Å². The minimum atomic E-state index is 0.236. The zero-order valence-corrected chi connectivity index (χ0v) is 11.3. The molecule has 0 heterocycles. The number of nitrogens with two attached hydrogens (primary N) is 1. The van der Waals surface area contributed by atoms with Crippen LogP contribution in [0.3, 0.4) is 0 Å². The lowest BCUT2D eigenvalue weighted by atomic mass is 9.87. The fraction of sp³-hybridized carbons (Fsp3) is 1.00. The van der Waals surface area contributed by atoms with Gasteiger partial charge in [-0.2, -0.15) is 0 Å². The summed E-state index contributed by atoms with van der Waals surface area (Å²) in [5.74, 6) is 0.717. The average molecular weight is 214 g/mol. The Bertz CT molecular complexity index is 151. The zero-order chi connectivity index (χ0) is 11.9. The van der Waals surface area contributed by atoms with E-state index in [4.69, 9.17) is 5.73 Å². The van der Waals surface area contributed by atoms with E-state index in [0.29, 0.717) is 5.92 Å². The lowest BCUT2D eigenvalue weighted by Crippen LogP contribution is -2.52. The van der Waals surface area contributed by atoms with E-state index in [-0.39, 0.29) is 5.54 Å². The summed E-state index contributed by atoms with van der Waals surface area (Å²) in [7, 11) is 2.23. The van der Waals surface area contributed by atoms with Crippen molar-refractivity contribution < 1.29 is 0 Å². The fourth-order valence-electron chi connectivity index (χ4n) is 2.29. The summed E-state index contributed by atoms with van der Waals surface area (Å²) in [5.41, 5.74) is 6.23. The van der Waals surface area contributed by atoms with E-state index in [9.17, 15) is 0 Å². The number of nitrogens with zero attached hydrogens (tertiary/aromatic N) is 1. The Morgan fingerprint density at radius 2 is 1.87 bits per heavy atom. The first kappa shape index (κ1) is 14.9. The smallest absolute Gasteiger partial charge is 0.0326 e. The summed E-state index contributed by atoms with van der Waals surface area (Å²) < 4.78 is 0. The van der Waals surface area contributed by atoms with Crippen molar-refractivity contribution in [2.24, 2.45) is 11.7 Å². The van der Waals surface area contributed by atoms with Crippen molar-refractivity contribution in [2.45, 2.75) is 58.9 Å². The van der Waals surface area contributed by atoms with Gasteiger partial charge < -0.3 is 5.73 Å². The molecule has 2 nitrogen and oxygen atoms in total. The highest BCUT2D eigenvalue weighted by Crippen LogP contribution is 2.24. The molecule has 15 heavy (non-hydrogen) atoms. The van der Waals surface area contributed by atoms with Crippen LogP contribution in [0, 0.1) is 5.92 Å². The summed E-state index contributed by atoms with van der Waals surface area (Å²) in [6.07, 6.45) is 4.94. The normalized spacial score (nSPS) is 16.0. The molecule has 2 heteroatoms. The number of unbranched alkanes of at least 4 members (excludes halogenated alkanes) is 1. The summed E-state index contributed by atoms with van der Waals surface area (Å²) in [6, 6.07) is 0. The summed E-state index contributed by atoms with van der Waals surface area (Å²) in [4.78, 5) is 2.48. The maximum atomic E-state index is 5.99. The van der Waals surface area contributed by atoms with E-state index in [2.05, 4.69) is 39.6 Å². The molecule has 0 aliphatic rings. The SMILES string of the molecule is CCCCC(CC)(CN)N(C)CC(C)C. The lowest BCUT2D eigenvalue weighted by Gasteiger charge is -2.42. The number of hydrogen-bond acceptors (Lipinski definition) is 2. The van der Waals surface area contributed by atoms with Crippen LogP contribution < -0.4 is 5.73 Å². The van der Waals surface area contributed by atoms with Crippen molar-refractivity contribution in [3.8, 4) is 0 Å². The minimum Gasteiger partial charge on any atom is -0.329 e. The molecule has 0 rings (SSSR count). The molecule has 0 aromatic heterocycles. The fourth-order valence-corrected chi connectivity index (χ4v) is 2.29. The van der Waals surface area contributed by atoms with Gasteiger partial charge in [0.05, 0.1) is 0 Å².